The summed E-state index contributed by atoms with van der Waals surface area (Å²) in [6.07, 6.45) is -0.264. The highest BCUT2D eigenvalue weighted by molar-refractivity contribution is 6.00. The third kappa shape index (κ3) is 1.57. The van der Waals surface area contributed by atoms with Gasteiger partial charge in [0.15, 0.2) is 5.41 Å². The van der Waals surface area contributed by atoms with Crippen LogP contribution >= 0.6 is 0 Å². The van der Waals surface area contributed by atoms with E-state index in [1.54, 1.807) is 25.3 Å². The third-order valence-corrected chi connectivity index (χ3v) is 5.55. The molecule has 1 saturated heterocycles. The van der Waals surface area contributed by atoms with Crippen LogP contribution in [-0.2, 0) is 9.47 Å². The first-order chi connectivity index (χ1) is 12.5. The SMILES string of the molecule is COc1ccc(OC)c([C@H]2[C@@]3(C#N)[C@@]4(N=C(N)[C@@]23C#N)OC[C@@H](C)O4)c1. The van der Waals surface area contributed by atoms with Gasteiger partial charge in [0.05, 0.1) is 39.1 Å². The first kappa shape index (κ1) is 16.6. The average molecular weight is 354 g/mol. The van der Waals surface area contributed by atoms with Crippen molar-refractivity contribution < 1.29 is 18.9 Å². The molecule has 8 nitrogen and oxygen atoms in total. The predicted octanol–water partition coefficient (Wildman–Crippen LogP) is 1.28. The molecular weight excluding hydrogens is 336 g/mol. The maximum Gasteiger partial charge on any atom is 0.293 e. The Kier molecular flexibility index (Phi) is 3.27. The number of methoxy groups -OCH3 is 2. The van der Waals surface area contributed by atoms with Crippen molar-refractivity contribution in [3.63, 3.8) is 0 Å². The Labute approximate surface area is 150 Å². The molecule has 1 saturated carbocycles. The van der Waals surface area contributed by atoms with Crippen molar-refractivity contribution in [2.24, 2.45) is 21.6 Å². The fourth-order valence-corrected chi connectivity index (χ4v) is 4.39. The Morgan fingerprint density at radius 2 is 2.04 bits per heavy atom. The second-order valence-electron chi connectivity index (χ2n) is 6.70. The Hall–Kier alpha value is -2.81. The van der Waals surface area contributed by atoms with E-state index in [1.165, 1.54) is 7.11 Å². The van der Waals surface area contributed by atoms with E-state index in [0.717, 1.165) is 0 Å². The van der Waals surface area contributed by atoms with E-state index in [9.17, 15) is 10.5 Å². The summed E-state index contributed by atoms with van der Waals surface area (Å²) < 4.78 is 22.5. The number of hydrogen-bond donors (Lipinski definition) is 1. The zero-order chi connectivity index (χ0) is 18.7. The van der Waals surface area contributed by atoms with Crippen molar-refractivity contribution in [1.29, 1.82) is 10.5 Å². The number of benzene rings is 1. The summed E-state index contributed by atoms with van der Waals surface area (Å²) >= 11 is 0. The standard InChI is InChI=1S/C18H18N4O4/c1-10-7-25-18(26-10)17(9-20)14(16(17,8-19)15(21)22-18)12-6-11(23-2)4-5-13(12)24-3/h4-6,10,14H,7H2,1-3H3,(H2,21,22)/t10-,14-,16-,17-,18-/m1/s1. The van der Waals surface area contributed by atoms with Gasteiger partial charge in [0.2, 0.25) is 0 Å². The zero-order valence-corrected chi connectivity index (χ0v) is 14.6. The van der Waals surface area contributed by atoms with Crippen molar-refractivity contribution in [1.82, 2.24) is 0 Å². The molecule has 0 aromatic heterocycles. The molecule has 5 atom stereocenters. The summed E-state index contributed by atoms with van der Waals surface area (Å²) in [5, 5.41) is 20.2. The van der Waals surface area contributed by atoms with Gasteiger partial charge in [-0.2, -0.15) is 10.5 Å². The lowest BCUT2D eigenvalue weighted by Gasteiger charge is -2.26. The summed E-state index contributed by atoms with van der Waals surface area (Å²) in [6, 6.07) is 9.72. The highest BCUT2D eigenvalue weighted by atomic mass is 16.8. The van der Waals surface area contributed by atoms with Crippen molar-refractivity contribution >= 4 is 5.84 Å². The van der Waals surface area contributed by atoms with Crippen LogP contribution in [0.2, 0.25) is 0 Å². The molecule has 0 amide bonds. The summed E-state index contributed by atoms with van der Waals surface area (Å²) in [7, 11) is 3.07. The Morgan fingerprint density at radius 1 is 1.27 bits per heavy atom. The molecule has 2 N–H and O–H groups in total. The maximum absolute atomic E-state index is 10.2. The van der Waals surface area contributed by atoms with Crippen LogP contribution in [0.5, 0.6) is 11.5 Å². The minimum absolute atomic E-state index is 0.0468. The van der Waals surface area contributed by atoms with Crippen LogP contribution in [0, 0.1) is 33.5 Å². The fraction of sp³-hybridized carbons (Fsp3) is 0.500. The van der Waals surface area contributed by atoms with E-state index in [1.807, 2.05) is 6.92 Å². The molecule has 2 heterocycles. The summed E-state index contributed by atoms with van der Waals surface area (Å²) in [6.45, 7) is 2.09. The van der Waals surface area contributed by atoms with E-state index in [0.29, 0.717) is 17.1 Å². The number of nitrogens with zero attached hydrogens (tertiary/aromatic N) is 3. The highest BCUT2D eigenvalue weighted by Gasteiger charge is 2.94. The predicted molar refractivity (Wildman–Crippen MR) is 89.2 cm³/mol. The monoisotopic (exact) mass is 354 g/mol. The topological polar surface area (TPSA) is 123 Å². The van der Waals surface area contributed by atoms with Gasteiger partial charge in [-0.3, -0.25) is 0 Å². The molecule has 26 heavy (non-hydrogen) atoms. The smallest absolute Gasteiger partial charge is 0.293 e. The van der Waals surface area contributed by atoms with Crippen molar-refractivity contribution in [3.05, 3.63) is 23.8 Å². The van der Waals surface area contributed by atoms with Gasteiger partial charge in [-0.1, -0.05) is 0 Å². The molecule has 0 bridgehead atoms. The number of fused-ring (bicyclic) bond motifs is 2. The summed E-state index contributed by atoms with van der Waals surface area (Å²) in [4.78, 5) is 4.29. The molecular formula is C18H18N4O4. The second-order valence-corrected chi connectivity index (χ2v) is 6.70. The zero-order valence-electron chi connectivity index (χ0n) is 14.6. The van der Waals surface area contributed by atoms with Crippen LogP contribution in [0.4, 0.5) is 0 Å². The lowest BCUT2D eigenvalue weighted by atomic mass is 9.93. The summed E-state index contributed by atoms with van der Waals surface area (Å²) in [5.41, 5.74) is 4.07. The first-order valence-electron chi connectivity index (χ1n) is 8.18. The van der Waals surface area contributed by atoms with Crippen LogP contribution in [0.25, 0.3) is 0 Å². The van der Waals surface area contributed by atoms with Crippen LogP contribution in [0.15, 0.2) is 23.2 Å². The van der Waals surface area contributed by atoms with E-state index < -0.39 is 22.7 Å². The molecule has 1 aliphatic carbocycles. The highest BCUT2D eigenvalue weighted by Crippen LogP contribution is 2.83. The van der Waals surface area contributed by atoms with E-state index in [4.69, 9.17) is 24.7 Å². The molecule has 134 valence electrons. The Morgan fingerprint density at radius 3 is 2.58 bits per heavy atom. The van der Waals surface area contributed by atoms with Gasteiger partial charge >= 0.3 is 0 Å². The van der Waals surface area contributed by atoms with Crippen LogP contribution in [0.1, 0.15) is 18.4 Å². The van der Waals surface area contributed by atoms with Crippen molar-refractivity contribution in [3.8, 4) is 23.6 Å². The largest absolute Gasteiger partial charge is 0.497 e. The van der Waals surface area contributed by atoms with Crippen molar-refractivity contribution in [2.45, 2.75) is 24.9 Å². The minimum atomic E-state index is -1.58. The molecule has 1 aromatic carbocycles. The molecule has 1 aromatic rings. The number of nitriles is 2. The normalized spacial score (nSPS) is 39.7. The molecule has 0 radical (unpaired) electrons. The molecule has 8 heteroatoms. The van der Waals surface area contributed by atoms with Crippen LogP contribution < -0.4 is 15.2 Å². The van der Waals surface area contributed by atoms with Gasteiger partial charge in [-0.25, -0.2) is 4.99 Å². The fourth-order valence-electron chi connectivity index (χ4n) is 4.39. The molecule has 3 aliphatic rings. The number of aliphatic imine (C=N–C) groups is 1. The van der Waals surface area contributed by atoms with E-state index in [2.05, 4.69) is 17.1 Å². The maximum atomic E-state index is 10.2. The lowest BCUT2D eigenvalue weighted by molar-refractivity contribution is -0.193. The Balaban J connectivity index is 1.94. The van der Waals surface area contributed by atoms with Gasteiger partial charge in [0.1, 0.15) is 22.7 Å². The molecule has 4 rings (SSSR count). The lowest BCUT2D eigenvalue weighted by Crippen LogP contribution is -2.39. The molecule has 2 aliphatic heterocycles. The van der Waals surface area contributed by atoms with E-state index >= 15 is 0 Å². The number of nitrogens with two attached hydrogens (primary N) is 1. The van der Waals surface area contributed by atoms with Crippen molar-refractivity contribution in [2.75, 3.05) is 20.8 Å². The minimum Gasteiger partial charge on any atom is -0.497 e. The third-order valence-electron chi connectivity index (χ3n) is 5.55. The van der Waals surface area contributed by atoms with Gasteiger partial charge < -0.3 is 24.7 Å². The summed E-state index contributed by atoms with van der Waals surface area (Å²) in [5.74, 6) is -1.04. The molecule has 2 fully saturated rings. The first-order valence-corrected chi connectivity index (χ1v) is 8.18. The number of hydrogen-bond acceptors (Lipinski definition) is 8. The van der Waals surface area contributed by atoms with Crippen LogP contribution in [-0.4, -0.2) is 38.7 Å². The number of ether oxygens (including phenoxy) is 4. The molecule has 0 unspecified atom stereocenters. The van der Waals surface area contributed by atoms with Crippen LogP contribution in [0.3, 0.4) is 0 Å². The second kappa shape index (κ2) is 5.10. The Bertz CT molecular complexity index is 903. The van der Waals surface area contributed by atoms with Gasteiger partial charge in [-0.05, 0) is 25.1 Å². The van der Waals surface area contributed by atoms with Gasteiger partial charge in [0, 0.05) is 11.5 Å². The van der Waals surface area contributed by atoms with Gasteiger partial charge in [0.25, 0.3) is 5.91 Å². The molecule has 1 spiro atoms. The van der Waals surface area contributed by atoms with E-state index in [-0.39, 0.29) is 18.5 Å². The van der Waals surface area contributed by atoms with Gasteiger partial charge in [-0.15, -0.1) is 0 Å². The average Bonchev–Trinajstić information content (AvgIpc) is 3.04. The number of rotatable bonds is 3. The quantitative estimate of drug-likeness (QED) is 0.867. The number of amidine groups is 1.